The van der Waals surface area contributed by atoms with E-state index in [0.717, 1.165) is 54.6 Å². The Morgan fingerprint density at radius 3 is 1.60 bits per heavy atom. The molecule has 5 aromatic rings. The number of aromatic nitrogens is 3. The first-order valence-electron chi connectivity index (χ1n) is 15.8. The van der Waals surface area contributed by atoms with E-state index in [1.54, 1.807) is 0 Å². The smallest absolute Gasteiger partial charge is 0.744 e. The number of sulfone groups is 1. The fourth-order valence-electron chi connectivity index (χ4n) is 4.67. The predicted octanol–water partition coefficient (Wildman–Crippen LogP) is -9.01. The van der Waals surface area contributed by atoms with Crippen LogP contribution in [-0.2, 0) is 54.8 Å². The van der Waals surface area contributed by atoms with Crippen LogP contribution in [0.4, 0.5) is 57.4 Å². The second-order valence-electron chi connectivity index (χ2n) is 11.6. The molecule has 0 radical (unpaired) electrons. The molecule has 1 heterocycles. The van der Waals surface area contributed by atoms with Gasteiger partial charge < -0.3 is 40.3 Å². The minimum Gasteiger partial charge on any atom is -0.744 e. The molecule has 26 nitrogen and oxygen atoms in total. The van der Waals surface area contributed by atoms with Gasteiger partial charge in [-0.15, -0.1) is 15.3 Å². The van der Waals surface area contributed by atoms with Crippen LogP contribution < -0.4 is 140 Å². The third kappa shape index (κ3) is 17.6. The van der Waals surface area contributed by atoms with Gasteiger partial charge in [0, 0.05) is 11.4 Å². The number of halogens is 1. The number of nitrogens with zero attached hydrogens (tertiary/aromatic N) is 7. The largest absolute Gasteiger partial charge is 1.00 e. The van der Waals surface area contributed by atoms with Crippen LogP contribution in [0.1, 0.15) is 0 Å². The Bertz CT molecular complexity index is 3180. The van der Waals surface area contributed by atoms with Gasteiger partial charge in [-0.25, -0.2) is 42.1 Å². The molecule has 0 amide bonds. The van der Waals surface area contributed by atoms with Gasteiger partial charge in [-0.3, -0.25) is 4.18 Å². The Balaban J connectivity index is 0.00000528. The number of nitrogens with one attached hydrogen (secondary N) is 2. The van der Waals surface area contributed by atoms with Gasteiger partial charge in [0.2, 0.25) is 27.6 Å². The van der Waals surface area contributed by atoms with Crippen molar-refractivity contribution in [1.82, 2.24) is 15.0 Å². The van der Waals surface area contributed by atoms with E-state index in [1.807, 2.05) is 0 Å². The van der Waals surface area contributed by atoms with Crippen LogP contribution in [0.15, 0.2) is 113 Å². The van der Waals surface area contributed by atoms with Crippen LogP contribution in [-0.4, -0.2) is 87.6 Å². The fourth-order valence-corrected chi connectivity index (χ4v) is 7.99. The third-order valence-electron chi connectivity index (χ3n) is 7.39. The molecular weight excluding hydrogens is 1030 g/mol. The van der Waals surface area contributed by atoms with Crippen molar-refractivity contribution in [1.29, 1.82) is 0 Å². The Morgan fingerprint density at radius 1 is 0.569 bits per heavy atom. The van der Waals surface area contributed by atoms with E-state index in [9.17, 15) is 60.3 Å². The van der Waals surface area contributed by atoms with Gasteiger partial charge in [0.25, 0.3) is 0 Å². The van der Waals surface area contributed by atoms with Gasteiger partial charge in [-0.05, 0) is 84.4 Å². The topological polar surface area (TPSA) is 436 Å². The van der Waals surface area contributed by atoms with E-state index in [2.05, 4.69) is 50.2 Å². The first-order chi connectivity index (χ1) is 28.2. The average molecular weight is 1050 g/mol. The fraction of sp³-hybridized carbons (Fsp3) is 0.0690. The molecule has 36 heteroatoms. The Morgan fingerprint density at radius 2 is 1.08 bits per heavy atom. The van der Waals surface area contributed by atoms with E-state index in [1.165, 1.54) is 12.1 Å². The van der Waals surface area contributed by atoms with Crippen LogP contribution in [0.25, 0.3) is 0 Å². The molecule has 6 N–H and O–H groups in total. The summed E-state index contributed by atoms with van der Waals surface area (Å²) in [7, 11) is -24.7. The molecule has 0 bridgehead atoms. The molecule has 4 aromatic carbocycles. The number of nitrogens with two attached hydrogens (primary N) is 2. The maximum atomic E-state index is 12.5. The zero-order valence-corrected chi connectivity index (χ0v) is 46.5. The summed E-state index contributed by atoms with van der Waals surface area (Å²) in [6, 6.07) is 12.2. The molecule has 324 valence electrons. The van der Waals surface area contributed by atoms with Crippen LogP contribution in [0.3, 0.4) is 0 Å². The second kappa shape index (κ2) is 24.6. The molecular formula is C29H22ClN11Na4O15S5. The number of hydrogen-bond acceptors (Lipinski definition) is 26. The van der Waals surface area contributed by atoms with Crippen LogP contribution in [0, 0.1) is 0 Å². The van der Waals surface area contributed by atoms with Gasteiger partial charge in [0.05, 0.1) is 49.0 Å². The standard InChI is InChI=1S/C29H26ClN11O15S5.4Na/c30-27-35-28(33-15-1-8-19(9-2-15)58(44,45)46)37-29(36-27)34-17-5-10-22(59(47,48)49)20(13-17)39-40-21-14-23(60(50,51)52)25(32)26(24(21)31)41-38-16-3-6-18(7-4-16)57(42,43)12-11-56-61(53,54)55;;;;/h1-10,13-14H,11-12,31-32H2,(H,44,45,46)(H,47,48,49)(H,50,51,52)(H,53,54,55)(H2,33,34,35,36,37);;;;/q;4*+1/p-4. The second-order valence-corrected chi connectivity index (χ2v) is 19.2. The molecule has 65 heavy (non-hydrogen) atoms. The molecule has 0 saturated heterocycles. The molecule has 0 aliphatic carbocycles. The van der Waals surface area contributed by atoms with Crippen molar-refractivity contribution in [2.24, 2.45) is 20.5 Å². The van der Waals surface area contributed by atoms with Crippen LogP contribution in [0.2, 0.25) is 5.28 Å². The predicted molar refractivity (Wildman–Crippen MR) is 206 cm³/mol. The van der Waals surface area contributed by atoms with E-state index in [-0.39, 0.29) is 157 Å². The molecule has 0 aliphatic heterocycles. The molecule has 0 unspecified atom stereocenters. The molecule has 0 saturated carbocycles. The number of hydrogen-bond donors (Lipinski definition) is 4. The quantitative estimate of drug-likeness (QED) is 0.0234. The van der Waals surface area contributed by atoms with Crippen molar-refractivity contribution in [2.75, 3.05) is 34.5 Å². The molecule has 1 aromatic heterocycles. The number of benzene rings is 4. The Kier molecular flexibility index (Phi) is 23.2. The maximum absolute atomic E-state index is 12.5. The van der Waals surface area contributed by atoms with Crippen molar-refractivity contribution < 1.29 is 183 Å². The van der Waals surface area contributed by atoms with Gasteiger partial charge in [0.15, 0.2) is 9.84 Å². The maximum Gasteiger partial charge on any atom is 1.00 e. The van der Waals surface area contributed by atoms with Gasteiger partial charge in [0.1, 0.15) is 47.4 Å². The van der Waals surface area contributed by atoms with Crippen molar-refractivity contribution >= 4 is 120 Å². The summed E-state index contributed by atoms with van der Waals surface area (Å²) in [5.41, 5.74) is 8.74. The average Bonchev–Trinajstić information content (AvgIpc) is 3.12. The summed E-state index contributed by atoms with van der Waals surface area (Å²) in [5, 5.41) is 20.1. The molecule has 0 fully saturated rings. The van der Waals surface area contributed by atoms with E-state index in [0.29, 0.717) is 6.07 Å². The molecule has 0 aliphatic rings. The minimum atomic E-state index is -5.40. The number of anilines is 6. The van der Waals surface area contributed by atoms with E-state index < -0.39 is 106 Å². The van der Waals surface area contributed by atoms with Gasteiger partial charge >= 0.3 is 118 Å². The summed E-state index contributed by atoms with van der Waals surface area (Å²) in [5.74, 6) is -1.35. The third-order valence-corrected chi connectivity index (χ3v) is 12.3. The summed E-state index contributed by atoms with van der Waals surface area (Å²) >= 11 is 6.02. The van der Waals surface area contributed by atoms with Crippen LogP contribution >= 0.6 is 11.6 Å². The zero-order valence-electron chi connectivity index (χ0n) is 33.7. The van der Waals surface area contributed by atoms with Gasteiger partial charge in [-0.1, -0.05) is 0 Å². The van der Waals surface area contributed by atoms with Crippen molar-refractivity contribution in [3.8, 4) is 0 Å². The first kappa shape index (κ1) is 61.1. The minimum absolute atomic E-state index is 0. The van der Waals surface area contributed by atoms with Crippen molar-refractivity contribution in [3.63, 3.8) is 0 Å². The molecule has 0 spiro atoms. The van der Waals surface area contributed by atoms with E-state index in [4.69, 9.17) is 23.1 Å². The summed E-state index contributed by atoms with van der Waals surface area (Å²) < 4.78 is 167. The first-order valence-corrected chi connectivity index (χ1v) is 23.3. The van der Waals surface area contributed by atoms with E-state index >= 15 is 0 Å². The monoisotopic (exact) mass is 1050 g/mol. The Hall–Kier alpha value is -1.87. The summed E-state index contributed by atoms with van der Waals surface area (Å²) in [6.07, 6.45) is 0. The Labute approximate surface area is 463 Å². The normalized spacial score (nSPS) is 12.1. The zero-order chi connectivity index (χ0) is 45.1. The van der Waals surface area contributed by atoms with Crippen molar-refractivity contribution in [2.45, 2.75) is 19.6 Å². The molecule has 5 rings (SSSR count). The SMILES string of the molecule is Nc1c(N=Nc2cc(Nc3nc(Cl)nc(Nc4ccc(S(=O)(=O)[O-])cc4)n3)ccc2S(=O)(=O)[O-])cc(S(=O)(=O)[O-])c(N)c1N=Nc1ccc(S(=O)(=O)CCOS(=O)(=O)[O-])cc1.[Na+].[Na+].[Na+].[Na+]. The van der Waals surface area contributed by atoms with Gasteiger partial charge in [-0.2, -0.15) is 20.1 Å². The molecule has 0 atom stereocenters. The number of azo groups is 2. The number of nitrogen functional groups attached to an aromatic ring is 2. The van der Waals surface area contributed by atoms with Crippen molar-refractivity contribution in [3.05, 3.63) is 78.1 Å². The number of rotatable bonds is 16. The van der Waals surface area contributed by atoms with Crippen LogP contribution in [0.5, 0.6) is 0 Å². The summed E-state index contributed by atoms with van der Waals surface area (Å²) in [6.45, 7) is -0.957. The summed E-state index contributed by atoms with van der Waals surface area (Å²) in [4.78, 5) is 8.94.